The standard InChI is InChI=1S/C14H23N3O/c1-4-12-5-6-13(9-15-12)17-7-8-18-11-14(10-17)16(2)3/h5-6,9,14H,4,7-8,10-11H2,1-3H3. The Kier molecular flexibility index (Phi) is 4.55. The molecule has 4 nitrogen and oxygen atoms in total. The first kappa shape index (κ1) is 13.3. The number of ether oxygens (including phenoxy) is 1. The number of aryl methyl sites for hydroxylation is 1. The van der Waals surface area contributed by atoms with E-state index in [1.165, 1.54) is 5.69 Å². The number of hydrogen-bond donors (Lipinski definition) is 0. The molecule has 1 unspecified atom stereocenters. The molecule has 1 atom stereocenters. The van der Waals surface area contributed by atoms with Gasteiger partial charge in [-0.2, -0.15) is 0 Å². The fourth-order valence-electron chi connectivity index (χ4n) is 2.15. The van der Waals surface area contributed by atoms with E-state index in [9.17, 15) is 0 Å². The summed E-state index contributed by atoms with van der Waals surface area (Å²) in [7, 11) is 4.21. The monoisotopic (exact) mass is 249 g/mol. The molecule has 100 valence electrons. The van der Waals surface area contributed by atoms with Crippen LogP contribution >= 0.6 is 0 Å². The Bertz CT molecular complexity index is 364. The highest BCUT2D eigenvalue weighted by Crippen LogP contribution is 2.16. The van der Waals surface area contributed by atoms with Crippen LogP contribution in [-0.4, -0.2) is 56.3 Å². The second-order valence-corrected chi connectivity index (χ2v) is 5.00. The second-order valence-electron chi connectivity index (χ2n) is 5.00. The van der Waals surface area contributed by atoms with Crippen LogP contribution in [0.3, 0.4) is 0 Å². The van der Waals surface area contributed by atoms with Crippen LogP contribution in [-0.2, 0) is 11.2 Å². The number of pyridine rings is 1. The summed E-state index contributed by atoms with van der Waals surface area (Å²) in [5.74, 6) is 0. The van der Waals surface area contributed by atoms with Crippen molar-refractivity contribution in [3.05, 3.63) is 24.0 Å². The van der Waals surface area contributed by atoms with Gasteiger partial charge in [0, 0.05) is 24.8 Å². The van der Waals surface area contributed by atoms with Gasteiger partial charge in [0.2, 0.25) is 0 Å². The minimum atomic E-state index is 0.443. The van der Waals surface area contributed by atoms with Crippen LogP contribution in [0.4, 0.5) is 5.69 Å². The molecule has 1 aromatic rings. The van der Waals surface area contributed by atoms with E-state index in [2.05, 4.69) is 47.9 Å². The normalized spacial score (nSPS) is 21.1. The molecule has 1 aromatic heterocycles. The number of likely N-dealkylation sites (N-methyl/N-ethyl adjacent to an activating group) is 1. The molecule has 1 fully saturated rings. The van der Waals surface area contributed by atoms with Crippen molar-refractivity contribution >= 4 is 5.69 Å². The van der Waals surface area contributed by atoms with Crippen molar-refractivity contribution in [1.82, 2.24) is 9.88 Å². The highest BCUT2D eigenvalue weighted by Gasteiger charge is 2.20. The lowest BCUT2D eigenvalue weighted by atomic mass is 10.2. The molecular weight excluding hydrogens is 226 g/mol. The summed E-state index contributed by atoms with van der Waals surface area (Å²) in [6, 6.07) is 4.73. The zero-order valence-electron chi connectivity index (χ0n) is 11.6. The molecule has 0 aliphatic carbocycles. The maximum Gasteiger partial charge on any atom is 0.0642 e. The zero-order chi connectivity index (χ0) is 13.0. The summed E-state index contributed by atoms with van der Waals surface area (Å²) < 4.78 is 5.66. The van der Waals surface area contributed by atoms with Crippen molar-refractivity contribution in [2.24, 2.45) is 0 Å². The van der Waals surface area contributed by atoms with Gasteiger partial charge in [-0.3, -0.25) is 4.98 Å². The fraction of sp³-hybridized carbons (Fsp3) is 0.643. The van der Waals surface area contributed by atoms with Gasteiger partial charge in [0.05, 0.1) is 25.1 Å². The molecule has 18 heavy (non-hydrogen) atoms. The van der Waals surface area contributed by atoms with Gasteiger partial charge in [0.25, 0.3) is 0 Å². The van der Waals surface area contributed by atoms with Crippen molar-refractivity contribution in [2.45, 2.75) is 19.4 Å². The first-order valence-electron chi connectivity index (χ1n) is 6.64. The predicted molar refractivity (Wildman–Crippen MR) is 74.1 cm³/mol. The Morgan fingerprint density at radius 1 is 1.44 bits per heavy atom. The third-order valence-electron chi connectivity index (χ3n) is 3.51. The van der Waals surface area contributed by atoms with Crippen molar-refractivity contribution in [2.75, 3.05) is 45.3 Å². The van der Waals surface area contributed by atoms with Gasteiger partial charge >= 0.3 is 0 Å². The van der Waals surface area contributed by atoms with E-state index in [0.717, 1.165) is 38.4 Å². The number of aromatic nitrogens is 1. The second kappa shape index (κ2) is 6.16. The van der Waals surface area contributed by atoms with E-state index in [-0.39, 0.29) is 0 Å². The largest absolute Gasteiger partial charge is 0.378 e. The average Bonchev–Trinajstić information content (AvgIpc) is 2.65. The Morgan fingerprint density at radius 3 is 2.89 bits per heavy atom. The van der Waals surface area contributed by atoms with Crippen LogP contribution in [0.2, 0.25) is 0 Å². The van der Waals surface area contributed by atoms with Crippen molar-refractivity contribution in [1.29, 1.82) is 0 Å². The molecule has 0 spiro atoms. The maximum absolute atomic E-state index is 5.66. The van der Waals surface area contributed by atoms with Crippen LogP contribution in [0.25, 0.3) is 0 Å². The highest BCUT2D eigenvalue weighted by molar-refractivity contribution is 5.45. The van der Waals surface area contributed by atoms with Gasteiger partial charge < -0.3 is 14.5 Å². The van der Waals surface area contributed by atoms with Crippen molar-refractivity contribution < 1.29 is 4.74 Å². The first-order valence-corrected chi connectivity index (χ1v) is 6.64. The van der Waals surface area contributed by atoms with Crippen LogP contribution in [0, 0.1) is 0 Å². The van der Waals surface area contributed by atoms with E-state index in [1.807, 2.05) is 6.20 Å². The molecular formula is C14H23N3O. The predicted octanol–water partition coefficient (Wildman–Crippen LogP) is 1.41. The Hall–Kier alpha value is -1.13. The lowest BCUT2D eigenvalue weighted by Gasteiger charge is -2.28. The molecule has 1 aliphatic rings. The van der Waals surface area contributed by atoms with E-state index in [4.69, 9.17) is 4.74 Å². The van der Waals surface area contributed by atoms with Gasteiger partial charge in [0.15, 0.2) is 0 Å². The molecule has 0 saturated carbocycles. The van der Waals surface area contributed by atoms with Gasteiger partial charge in [-0.25, -0.2) is 0 Å². The maximum atomic E-state index is 5.66. The number of anilines is 1. The van der Waals surface area contributed by atoms with Gasteiger partial charge in [0.1, 0.15) is 0 Å². The van der Waals surface area contributed by atoms with Crippen molar-refractivity contribution in [3.63, 3.8) is 0 Å². The summed E-state index contributed by atoms with van der Waals surface area (Å²) in [5, 5.41) is 0. The first-order chi connectivity index (χ1) is 8.70. The van der Waals surface area contributed by atoms with E-state index in [1.54, 1.807) is 0 Å². The molecule has 2 heterocycles. The number of rotatable bonds is 3. The fourth-order valence-corrected chi connectivity index (χ4v) is 2.15. The molecule has 1 saturated heterocycles. The Morgan fingerprint density at radius 2 is 2.28 bits per heavy atom. The van der Waals surface area contributed by atoms with Crippen LogP contribution in [0.15, 0.2) is 18.3 Å². The molecule has 0 aromatic carbocycles. The minimum absolute atomic E-state index is 0.443. The van der Waals surface area contributed by atoms with Crippen LogP contribution in [0.1, 0.15) is 12.6 Å². The SMILES string of the molecule is CCc1ccc(N2CCOCC(N(C)C)C2)cn1. The van der Waals surface area contributed by atoms with E-state index >= 15 is 0 Å². The third-order valence-corrected chi connectivity index (χ3v) is 3.51. The zero-order valence-corrected chi connectivity index (χ0v) is 11.6. The molecule has 0 N–H and O–H groups in total. The lowest BCUT2D eigenvalue weighted by molar-refractivity contribution is 0.103. The van der Waals surface area contributed by atoms with E-state index < -0.39 is 0 Å². The molecule has 0 amide bonds. The van der Waals surface area contributed by atoms with Gasteiger partial charge in [-0.15, -0.1) is 0 Å². The van der Waals surface area contributed by atoms with Gasteiger partial charge in [-0.1, -0.05) is 6.92 Å². The molecule has 2 rings (SSSR count). The molecule has 4 heteroatoms. The molecule has 0 bridgehead atoms. The summed E-state index contributed by atoms with van der Waals surface area (Å²) >= 11 is 0. The Balaban J connectivity index is 2.09. The quantitative estimate of drug-likeness (QED) is 0.810. The number of nitrogens with zero attached hydrogens (tertiary/aromatic N) is 3. The lowest BCUT2D eigenvalue weighted by Crippen LogP contribution is -2.41. The van der Waals surface area contributed by atoms with E-state index in [0.29, 0.717) is 6.04 Å². The highest BCUT2D eigenvalue weighted by atomic mass is 16.5. The average molecular weight is 249 g/mol. The van der Waals surface area contributed by atoms with Crippen molar-refractivity contribution in [3.8, 4) is 0 Å². The van der Waals surface area contributed by atoms with Crippen LogP contribution < -0.4 is 4.90 Å². The van der Waals surface area contributed by atoms with Crippen LogP contribution in [0.5, 0.6) is 0 Å². The summed E-state index contributed by atoms with van der Waals surface area (Å²) in [6.07, 6.45) is 2.97. The molecule has 1 aliphatic heterocycles. The third kappa shape index (κ3) is 3.21. The summed E-state index contributed by atoms with van der Waals surface area (Å²) in [6.45, 7) is 5.67. The number of hydrogen-bond acceptors (Lipinski definition) is 4. The summed E-state index contributed by atoms with van der Waals surface area (Å²) in [5.41, 5.74) is 2.35. The van der Waals surface area contributed by atoms with Gasteiger partial charge in [-0.05, 0) is 32.6 Å². The minimum Gasteiger partial charge on any atom is -0.378 e. The molecule has 0 radical (unpaired) electrons. The smallest absolute Gasteiger partial charge is 0.0642 e. The topological polar surface area (TPSA) is 28.6 Å². The Labute approximate surface area is 110 Å². The summed E-state index contributed by atoms with van der Waals surface area (Å²) in [4.78, 5) is 9.07.